The number of anilines is 1. The van der Waals surface area contributed by atoms with Gasteiger partial charge in [0.2, 0.25) is 0 Å². The number of aryl methyl sites for hydroxylation is 1. The summed E-state index contributed by atoms with van der Waals surface area (Å²) in [5, 5.41) is 1.46. The van der Waals surface area contributed by atoms with E-state index in [0.717, 1.165) is 21.2 Å². The minimum atomic E-state index is 0.658. The van der Waals surface area contributed by atoms with Crippen LogP contribution in [0, 0.1) is 6.92 Å². The Labute approximate surface area is 121 Å². The van der Waals surface area contributed by atoms with E-state index in [4.69, 9.17) is 28.9 Å². The standard InChI is InChI=1S/C14H13Cl2NS/c1-9-2-3-10(12(16)6-9)8-18-14-5-4-11(15)7-13(14)17/h2-7H,8,17H2,1H3. The van der Waals surface area contributed by atoms with Gasteiger partial charge in [-0.25, -0.2) is 0 Å². The normalized spacial score (nSPS) is 10.6. The third-order valence-corrected chi connectivity index (χ3v) is 4.29. The third-order valence-electron chi connectivity index (χ3n) is 2.56. The summed E-state index contributed by atoms with van der Waals surface area (Å²) in [5.74, 6) is 0.797. The van der Waals surface area contributed by atoms with Gasteiger partial charge in [0, 0.05) is 26.4 Å². The first-order valence-corrected chi connectivity index (χ1v) is 7.23. The highest BCUT2D eigenvalue weighted by Gasteiger charge is 2.04. The first-order valence-electron chi connectivity index (χ1n) is 5.49. The van der Waals surface area contributed by atoms with Gasteiger partial charge in [-0.05, 0) is 42.3 Å². The maximum Gasteiger partial charge on any atom is 0.0467 e. The van der Waals surface area contributed by atoms with Crippen molar-refractivity contribution in [3.05, 3.63) is 57.6 Å². The molecule has 0 aliphatic carbocycles. The first kappa shape index (κ1) is 13.6. The number of thioether (sulfide) groups is 1. The van der Waals surface area contributed by atoms with Gasteiger partial charge in [0.1, 0.15) is 0 Å². The van der Waals surface area contributed by atoms with Crippen molar-refractivity contribution in [1.82, 2.24) is 0 Å². The minimum absolute atomic E-state index is 0.658. The van der Waals surface area contributed by atoms with Gasteiger partial charge in [-0.2, -0.15) is 0 Å². The fourth-order valence-corrected chi connectivity index (χ4v) is 3.09. The summed E-state index contributed by atoms with van der Waals surface area (Å²) in [6.07, 6.45) is 0. The number of rotatable bonds is 3. The fraction of sp³-hybridized carbons (Fsp3) is 0.143. The van der Waals surface area contributed by atoms with E-state index in [0.29, 0.717) is 10.7 Å². The van der Waals surface area contributed by atoms with Crippen molar-refractivity contribution < 1.29 is 0 Å². The monoisotopic (exact) mass is 297 g/mol. The summed E-state index contributed by atoms with van der Waals surface area (Å²) in [4.78, 5) is 1.02. The zero-order valence-corrected chi connectivity index (χ0v) is 12.2. The van der Waals surface area contributed by atoms with E-state index in [1.807, 2.05) is 25.1 Å². The van der Waals surface area contributed by atoms with Crippen LogP contribution >= 0.6 is 35.0 Å². The van der Waals surface area contributed by atoms with Gasteiger partial charge in [0.05, 0.1) is 0 Å². The van der Waals surface area contributed by atoms with Gasteiger partial charge in [-0.1, -0.05) is 35.3 Å². The van der Waals surface area contributed by atoms with E-state index >= 15 is 0 Å². The summed E-state index contributed by atoms with van der Waals surface area (Å²) < 4.78 is 0. The lowest BCUT2D eigenvalue weighted by Crippen LogP contribution is -1.89. The molecule has 0 radical (unpaired) electrons. The first-order chi connectivity index (χ1) is 8.56. The molecule has 0 saturated heterocycles. The maximum absolute atomic E-state index is 6.20. The highest BCUT2D eigenvalue weighted by Crippen LogP contribution is 2.32. The van der Waals surface area contributed by atoms with Gasteiger partial charge in [0.15, 0.2) is 0 Å². The van der Waals surface area contributed by atoms with Crippen molar-refractivity contribution in [3.63, 3.8) is 0 Å². The lowest BCUT2D eigenvalue weighted by Gasteiger charge is -2.07. The van der Waals surface area contributed by atoms with Crippen LogP contribution in [0.25, 0.3) is 0 Å². The van der Waals surface area contributed by atoms with E-state index in [2.05, 4.69) is 12.1 Å². The number of benzene rings is 2. The molecule has 4 heteroatoms. The zero-order chi connectivity index (χ0) is 13.1. The van der Waals surface area contributed by atoms with Crippen LogP contribution in [0.15, 0.2) is 41.3 Å². The molecule has 0 aliphatic rings. The maximum atomic E-state index is 6.20. The third kappa shape index (κ3) is 3.35. The van der Waals surface area contributed by atoms with Crippen molar-refractivity contribution >= 4 is 40.7 Å². The van der Waals surface area contributed by atoms with Crippen molar-refractivity contribution in [2.75, 3.05) is 5.73 Å². The lowest BCUT2D eigenvalue weighted by molar-refractivity contribution is 1.35. The SMILES string of the molecule is Cc1ccc(CSc2ccc(Cl)cc2N)c(Cl)c1. The Morgan fingerprint density at radius 3 is 2.56 bits per heavy atom. The summed E-state index contributed by atoms with van der Waals surface area (Å²) in [7, 11) is 0. The van der Waals surface area contributed by atoms with Crippen molar-refractivity contribution in [1.29, 1.82) is 0 Å². The average molecular weight is 298 g/mol. The largest absolute Gasteiger partial charge is 0.398 e. The molecule has 1 nitrogen and oxygen atoms in total. The Hall–Kier alpha value is -0.830. The molecule has 0 amide bonds. The number of hydrogen-bond acceptors (Lipinski definition) is 2. The molecule has 2 rings (SSSR count). The Bertz CT molecular complexity index is 518. The van der Waals surface area contributed by atoms with E-state index in [9.17, 15) is 0 Å². The molecule has 94 valence electrons. The smallest absolute Gasteiger partial charge is 0.0467 e. The van der Waals surface area contributed by atoms with Gasteiger partial charge < -0.3 is 5.73 Å². The molecule has 0 fully saturated rings. The van der Waals surface area contributed by atoms with Crippen LogP contribution in [-0.2, 0) is 5.75 Å². The number of halogens is 2. The van der Waals surface area contributed by atoms with Crippen LogP contribution < -0.4 is 5.73 Å². The van der Waals surface area contributed by atoms with Crippen molar-refractivity contribution in [2.45, 2.75) is 17.6 Å². The Morgan fingerprint density at radius 1 is 1.11 bits per heavy atom. The summed E-state index contributed by atoms with van der Waals surface area (Å²) in [6, 6.07) is 11.6. The second-order valence-electron chi connectivity index (χ2n) is 4.07. The molecule has 0 unspecified atom stereocenters. The Balaban J connectivity index is 2.11. The number of hydrogen-bond donors (Lipinski definition) is 1. The molecule has 0 aromatic heterocycles. The number of nitrogen functional groups attached to an aromatic ring is 1. The van der Waals surface area contributed by atoms with E-state index < -0.39 is 0 Å². The summed E-state index contributed by atoms with van der Waals surface area (Å²) >= 11 is 13.7. The van der Waals surface area contributed by atoms with Crippen LogP contribution in [0.2, 0.25) is 10.0 Å². The summed E-state index contributed by atoms with van der Waals surface area (Å²) in [6.45, 7) is 2.03. The topological polar surface area (TPSA) is 26.0 Å². The molecule has 2 aromatic carbocycles. The molecule has 0 heterocycles. The Kier molecular flexibility index (Phi) is 4.44. The van der Waals surface area contributed by atoms with Crippen LogP contribution in [0.1, 0.15) is 11.1 Å². The molecule has 0 saturated carbocycles. The van der Waals surface area contributed by atoms with E-state index in [-0.39, 0.29) is 0 Å². The molecule has 2 N–H and O–H groups in total. The van der Waals surface area contributed by atoms with Crippen LogP contribution in [0.5, 0.6) is 0 Å². The molecule has 2 aromatic rings. The molecule has 18 heavy (non-hydrogen) atoms. The predicted molar refractivity (Wildman–Crippen MR) is 81.6 cm³/mol. The second-order valence-corrected chi connectivity index (χ2v) is 5.93. The Morgan fingerprint density at radius 2 is 1.89 bits per heavy atom. The van der Waals surface area contributed by atoms with Crippen LogP contribution in [-0.4, -0.2) is 0 Å². The highest BCUT2D eigenvalue weighted by atomic mass is 35.5. The van der Waals surface area contributed by atoms with Gasteiger partial charge in [-0.15, -0.1) is 11.8 Å². The second kappa shape index (κ2) is 5.87. The van der Waals surface area contributed by atoms with Crippen LogP contribution in [0.4, 0.5) is 5.69 Å². The van der Waals surface area contributed by atoms with Gasteiger partial charge in [0.25, 0.3) is 0 Å². The molecular formula is C14H13Cl2NS. The lowest BCUT2D eigenvalue weighted by atomic mass is 10.2. The average Bonchev–Trinajstić information content (AvgIpc) is 2.30. The molecule has 0 aliphatic heterocycles. The van der Waals surface area contributed by atoms with Gasteiger partial charge in [-0.3, -0.25) is 0 Å². The summed E-state index contributed by atoms with van der Waals surface area (Å²) in [5.41, 5.74) is 8.89. The van der Waals surface area contributed by atoms with E-state index in [1.54, 1.807) is 17.8 Å². The van der Waals surface area contributed by atoms with Crippen molar-refractivity contribution in [2.24, 2.45) is 0 Å². The van der Waals surface area contributed by atoms with Crippen molar-refractivity contribution in [3.8, 4) is 0 Å². The zero-order valence-electron chi connectivity index (χ0n) is 9.91. The quantitative estimate of drug-likeness (QED) is 0.624. The molecule has 0 bridgehead atoms. The van der Waals surface area contributed by atoms with Crippen LogP contribution in [0.3, 0.4) is 0 Å². The number of nitrogens with two attached hydrogens (primary N) is 1. The van der Waals surface area contributed by atoms with E-state index in [1.165, 1.54) is 5.56 Å². The van der Waals surface area contributed by atoms with Gasteiger partial charge >= 0.3 is 0 Å². The molecular weight excluding hydrogens is 285 g/mol. The molecule has 0 atom stereocenters. The predicted octanol–water partition coefficient (Wildman–Crippen LogP) is 5.18. The fourth-order valence-electron chi connectivity index (χ4n) is 1.58. The molecule has 0 spiro atoms. The highest BCUT2D eigenvalue weighted by molar-refractivity contribution is 7.98. The minimum Gasteiger partial charge on any atom is -0.398 e.